The standard InChI is InChI=1S/C9H11NO/c1-2-7-11-9-5-3-8(10)4-6-9/h2-7H,10H2,1H3/b7-2+. The monoisotopic (exact) mass is 149 g/mol. The molecule has 0 saturated carbocycles. The maximum absolute atomic E-state index is 5.48. The lowest BCUT2D eigenvalue weighted by Crippen LogP contribution is -1.84. The van der Waals surface area contributed by atoms with Crippen LogP contribution in [0.4, 0.5) is 5.69 Å². The normalized spacial score (nSPS) is 10.3. The molecule has 0 aliphatic rings. The molecule has 0 saturated heterocycles. The van der Waals surface area contributed by atoms with Crippen molar-refractivity contribution >= 4 is 5.69 Å². The van der Waals surface area contributed by atoms with E-state index in [0.717, 1.165) is 11.4 Å². The third-order valence-electron chi connectivity index (χ3n) is 1.22. The Labute approximate surface area is 66.3 Å². The summed E-state index contributed by atoms with van der Waals surface area (Å²) in [5.41, 5.74) is 6.23. The van der Waals surface area contributed by atoms with Crippen molar-refractivity contribution in [1.82, 2.24) is 0 Å². The average Bonchev–Trinajstić information content (AvgIpc) is 2.04. The van der Waals surface area contributed by atoms with E-state index in [2.05, 4.69) is 0 Å². The van der Waals surface area contributed by atoms with Crippen molar-refractivity contribution in [2.24, 2.45) is 0 Å². The molecule has 1 aromatic carbocycles. The Bertz CT molecular complexity index is 238. The fraction of sp³-hybridized carbons (Fsp3) is 0.111. The second kappa shape index (κ2) is 3.66. The summed E-state index contributed by atoms with van der Waals surface area (Å²) in [6.45, 7) is 1.90. The van der Waals surface area contributed by atoms with Gasteiger partial charge in [0, 0.05) is 5.69 Å². The van der Waals surface area contributed by atoms with Crippen LogP contribution in [0.3, 0.4) is 0 Å². The predicted octanol–water partition coefficient (Wildman–Crippen LogP) is 2.18. The molecular formula is C9H11NO. The summed E-state index contributed by atoms with van der Waals surface area (Å²) in [5, 5.41) is 0. The molecule has 58 valence electrons. The van der Waals surface area contributed by atoms with Crippen LogP contribution in [-0.2, 0) is 0 Å². The molecule has 1 rings (SSSR count). The molecule has 1 aromatic rings. The highest BCUT2D eigenvalue weighted by Gasteiger charge is 1.87. The Morgan fingerprint density at radius 3 is 2.45 bits per heavy atom. The van der Waals surface area contributed by atoms with E-state index in [1.54, 1.807) is 18.4 Å². The second-order valence-electron chi connectivity index (χ2n) is 2.16. The van der Waals surface area contributed by atoms with E-state index >= 15 is 0 Å². The van der Waals surface area contributed by atoms with Crippen LogP contribution < -0.4 is 10.5 Å². The lowest BCUT2D eigenvalue weighted by molar-refractivity contribution is 0.480. The van der Waals surface area contributed by atoms with E-state index in [9.17, 15) is 0 Å². The maximum Gasteiger partial charge on any atom is 0.126 e. The van der Waals surface area contributed by atoms with Crippen LogP contribution in [0.2, 0.25) is 0 Å². The first kappa shape index (κ1) is 7.66. The summed E-state index contributed by atoms with van der Waals surface area (Å²) in [7, 11) is 0. The highest BCUT2D eigenvalue weighted by molar-refractivity contribution is 5.41. The van der Waals surface area contributed by atoms with Gasteiger partial charge in [-0.2, -0.15) is 0 Å². The first-order valence-corrected chi connectivity index (χ1v) is 3.46. The highest BCUT2D eigenvalue weighted by atomic mass is 16.5. The van der Waals surface area contributed by atoms with Crippen molar-refractivity contribution in [3.8, 4) is 5.75 Å². The fourth-order valence-electron chi connectivity index (χ4n) is 0.693. The van der Waals surface area contributed by atoms with Crippen molar-refractivity contribution in [2.45, 2.75) is 6.92 Å². The van der Waals surface area contributed by atoms with Crippen molar-refractivity contribution in [3.63, 3.8) is 0 Å². The Hall–Kier alpha value is -1.44. The van der Waals surface area contributed by atoms with Crippen molar-refractivity contribution in [3.05, 3.63) is 36.6 Å². The van der Waals surface area contributed by atoms with E-state index in [0.29, 0.717) is 0 Å². The summed E-state index contributed by atoms with van der Waals surface area (Å²) in [6, 6.07) is 7.27. The van der Waals surface area contributed by atoms with Gasteiger partial charge in [-0.3, -0.25) is 0 Å². The molecule has 2 nitrogen and oxygen atoms in total. The number of anilines is 1. The summed E-state index contributed by atoms with van der Waals surface area (Å²) in [5.74, 6) is 0.803. The maximum atomic E-state index is 5.48. The van der Waals surface area contributed by atoms with E-state index in [1.807, 2.05) is 25.1 Å². The van der Waals surface area contributed by atoms with E-state index < -0.39 is 0 Å². The highest BCUT2D eigenvalue weighted by Crippen LogP contribution is 2.12. The van der Waals surface area contributed by atoms with Crippen molar-refractivity contribution in [2.75, 3.05) is 5.73 Å². The number of benzene rings is 1. The molecule has 0 atom stereocenters. The van der Waals surface area contributed by atoms with Crippen LogP contribution in [0, 0.1) is 0 Å². The number of ether oxygens (including phenoxy) is 1. The van der Waals surface area contributed by atoms with Crippen LogP contribution in [0.1, 0.15) is 6.92 Å². The smallest absolute Gasteiger partial charge is 0.126 e. The van der Waals surface area contributed by atoms with Crippen LogP contribution in [-0.4, -0.2) is 0 Å². The minimum Gasteiger partial charge on any atom is -0.465 e. The van der Waals surface area contributed by atoms with Gasteiger partial charge in [0.15, 0.2) is 0 Å². The third kappa shape index (κ3) is 2.34. The van der Waals surface area contributed by atoms with Gasteiger partial charge in [-0.05, 0) is 31.2 Å². The minimum absolute atomic E-state index is 0.748. The fourth-order valence-corrected chi connectivity index (χ4v) is 0.693. The zero-order valence-corrected chi connectivity index (χ0v) is 6.45. The largest absolute Gasteiger partial charge is 0.465 e. The van der Waals surface area contributed by atoms with E-state index in [-0.39, 0.29) is 0 Å². The Morgan fingerprint density at radius 1 is 1.27 bits per heavy atom. The lowest BCUT2D eigenvalue weighted by atomic mass is 10.3. The zero-order valence-electron chi connectivity index (χ0n) is 6.45. The Kier molecular flexibility index (Phi) is 2.55. The first-order chi connectivity index (χ1) is 5.33. The average molecular weight is 149 g/mol. The van der Waals surface area contributed by atoms with Crippen molar-refractivity contribution < 1.29 is 4.74 Å². The summed E-state index contributed by atoms with van der Waals surface area (Å²) in [6.07, 6.45) is 3.46. The molecule has 0 spiro atoms. The predicted molar refractivity (Wildman–Crippen MR) is 46.3 cm³/mol. The molecule has 2 heteroatoms. The molecule has 0 fully saturated rings. The van der Waals surface area contributed by atoms with E-state index in [1.165, 1.54) is 0 Å². The number of rotatable bonds is 2. The molecule has 0 amide bonds. The lowest BCUT2D eigenvalue weighted by Gasteiger charge is -1.98. The second-order valence-corrected chi connectivity index (χ2v) is 2.16. The van der Waals surface area contributed by atoms with Gasteiger partial charge in [-0.1, -0.05) is 6.08 Å². The van der Waals surface area contributed by atoms with Crippen LogP contribution in [0.5, 0.6) is 5.75 Å². The molecule has 0 aromatic heterocycles. The van der Waals surface area contributed by atoms with Gasteiger partial charge in [0.25, 0.3) is 0 Å². The molecule has 0 heterocycles. The summed E-state index contributed by atoms with van der Waals surface area (Å²) < 4.78 is 5.17. The van der Waals surface area contributed by atoms with Gasteiger partial charge in [0.05, 0.1) is 6.26 Å². The van der Waals surface area contributed by atoms with E-state index in [4.69, 9.17) is 10.5 Å². The topological polar surface area (TPSA) is 35.2 Å². The number of hydrogen-bond donors (Lipinski definition) is 1. The van der Waals surface area contributed by atoms with Gasteiger partial charge in [0.1, 0.15) is 5.75 Å². The zero-order chi connectivity index (χ0) is 8.10. The Balaban J connectivity index is 2.66. The van der Waals surface area contributed by atoms with Gasteiger partial charge >= 0.3 is 0 Å². The molecule has 0 aliphatic heterocycles. The van der Waals surface area contributed by atoms with Gasteiger partial charge in [-0.25, -0.2) is 0 Å². The summed E-state index contributed by atoms with van der Waals surface area (Å²) >= 11 is 0. The van der Waals surface area contributed by atoms with Gasteiger partial charge in [0.2, 0.25) is 0 Å². The SMILES string of the molecule is C/C=C/Oc1ccc(N)cc1. The molecule has 2 N–H and O–H groups in total. The van der Waals surface area contributed by atoms with Crippen LogP contribution >= 0.6 is 0 Å². The number of nitrogen functional groups attached to an aromatic ring is 1. The minimum atomic E-state index is 0.748. The molecule has 11 heavy (non-hydrogen) atoms. The molecular weight excluding hydrogens is 138 g/mol. The number of allylic oxidation sites excluding steroid dienone is 1. The van der Waals surface area contributed by atoms with Crippen molar-refractivity contribution in [1.29, 1.82) is 0 Å². The Morgan fingerprint density at radius 2 is 1.91 bits per heavy atom. The van der Waals surface area contributed by atoms with Crippen LogP contribution in [0.25, 0.3) is 0 Å². The molecule has 0 radical (unpaired) electrons. The van der Waals surface area contributed by atoms with Gasteiger partial charge in [-0.15, -0.1) is 0 Å². The molecule has 0 unspecified atom stereocenters. The molecule has 0 bridgehead atoms. The quantitative estimate of drug-likeness (QED) is 0.516. The van der Waals surface area contributed by atoms with Gasteiger partial charge < -0.3 is 10.5 Å². The summed E-state index contributed by atoms with van der Waals surface area (Å²) in [4.78, 5) is 0. The number of hydrogen-bond acceptors (Lipinski definition) is 2. The first-order valence-electron chi connectivity index (χ1n) is 3.46. The third-order valence-corrected chi connectivity index (χ3v) is 1.22. The molecule has 0 aliphatic carbocycles. The van der Waals surface area contributed by atoms with Crippen LogP contribution in [0.15, 0.2) is 36.6 Å². The number of nitrogens with two attached hydrogens (primary N) is 1.